The fourth-order valence-electron chi connectivity index (χ4n) is 1.33. The van der Waals surface area contributed by atoms with Crippen molar-refractivity contribution in [2.75, 3.05) is 5.75 Å². The van der Waals surface area contributed by atoms with Crippen molar-refractivity contribution in [1.82, 2.24) is 0 Å². The van der Waals surface area contributed by atoms with Crippen molar-refractivity contribution in [2.45, 2.75) is 32.1 Å². The molecule has 0 spiro atoms. The molecule has 0 unspecified atom stereocenters. The molecular formula is C14H17NO2S. The van der Waals surface area contributed by atoms with Gasteiger partial charge in [-0.15, -0.1) is 0 Å². The normalized spacial score (nSPS) is 10.1. The first-order chi connectivity index (χ1) is 8.63. The predicted octanol–water partition coefficient (Wildman–Crippen LogP) is 3.40. The van der Waals surface area contributed by atoms with Crippen molar-refractivity contribution in [2.24, 2.45) is 0 Å². The van der Waals surface area contributed by atoms with Gasteiger partial charge in [-0.2, -0.15) is 17.0 Å². The average Bonchev–Trinajstić information content (AvgIpc) is 2.34. The molecule has 1 rings (SSSR count). The van der Waals surface area contributed by atoms with E-state index in [-0.39, 0.29) is 12.1 Å². The Hall–Kier alpha value is -1.47. The molecule has 0 fully saturated rings. The van der Waals surface area contributed by atoms with Gasteiger partial charge in [-0.25, -0.2) is 4.79 Å². The average molecular weight is 263 g/mol. The molecule has 0 aliphatic heterocycles. The number of carbonyl (C=O) groups excluding carboxylic acids is 1. The van der Waals surface area contributed by atoms with Gasteiger partial charge in [0.25, 0.3) is 0 Å². The van der Waals surface area contributed by atoms with E-state index in [9.17, 15) is 4.79 Å². The van der Waals surface area contributed by atoms with Gasteiger partial charge in [0.2, 0.25) is 0 Å². The van der Waals surface area contributed by atoms with Gasteiger partial charge in [0.15, 0.2) is 0 Å². The number of nitrogens with zero attached hydrogens (tertiary/aromatic N) is 1. The zero-order valence-electron chi connectivity index (χ0n) is 10.7. The lowest BCUT2D eigenvalue weighted by Crippen LogP contribution is -2.11. The van der Waals surface area contributed by atoms with E-state index < -0.39 is 0 Å². The van der Waals surface area contributed by atoms with E-state index in [0.717, 1.165) is 17.1 Å². The second-order valence-electron chi connectivity index (χ2n) is 4.11. The number of benzene rings is 1. The van der Waals surface area contributed by atoms with Gasteiger partial charge in [-0.05, 0) is 31.5 Å². The van der Waals surface area contributed by atoms with Crippen LogP contribution in [0.25, 0.3) is 0 Å². The summed E-state index contributed by atoms with van der Waals surface area (Å²) in [7, 11) is 0. The Morgan fingerprint density at radius 3 is 2.61 bits per heavy atom. The Bertz CT molecular complexity index is 420. The van der Waals surface area contributed by atoms with Crippen molar-refractivity contribution in [3.8, 4) is 6.07 Å². The molecule has 0 bridgehead atoms. The Kier molecular flexibility index (Phi) is 6.31. The van der Waals surface area contributed by atoms with Crippen LogP contribution in [0.3, 0.4) is 0 Å². The van der Waals surface area contributed by atoms with Gasteiger partial charge < -0.3 is 4.74 Å². The summed E-state index contributed by atoms with van der Waals surface area (Å²) in [6.07, 6.45) is 0.474. The van der Waals surface area contributed by atoms with Crippen LogP contribution in [0.1, 0.15) is 36.2 Å². The minimum Gasteiger partial charge on any atom is -0.459 e. The smallest absolute Gasteiger partial charge is 0.338 e. The summed E-state index contributed by atoms with van der Waals surface area (Å²) >= 11 is 1.72. The summed E-state index contributed by atoms with van der Waals surface area (Å²) in [4.78, 5) is 11.6. The monoisotopic (exact) mass is 263 g/mol. The maximum absolute atomic E-state index is 11.6. The molecule has 0 atom stereocenters. The molecule has 1 aromatic carbocycles. The Morgan fingerprint density at radius 2 is 2.06 bits per heavy atom. The highest BCUT2D eigenvalue weighted by molar-refractivity contribution is 7.98. The molecular weight excluding hydrogens is 246 g/mol. The van der Waals surface area contributed by atoms with E-state index in [1.165, 1.54) is 0 Å². The molecule has 0 aliphatic carbocycles. The third-order valence-electron chi connectivity index (χ3n) is 2.16. The van der Waals surface area contributed by atoms with E-state index in [4.69, 9.17) is 10.00 Å². The maximum Gasteiger partial charge on any atom is 0.338 e. The van der Waals surface area contributed by atoms with E-state index in [2.05, 4.69) is 6.07 Å². The quantitative estimate of drug-likeness (QED) is 0.583. The van der Waals surface area contributed by atoms with Crippen LogP contribution in [0.2, 0.25) is 0 Å². The van der Waals surface area contributed by atoms with Crippen molar-refractivity contribution in [1.29, 1.82) is 5.26 Å². The summed E-state index contributed by atoms with van der Waals surface area (Å²) in [5, 5.41) is 8.42. The third-order valence-corrected chi connectivity index (χ3v) is 3.19. The molecule has 0 amide bonds. The fraction of sp³-hybridized carbons (Fsp3) is 0.429. The number of hydrogen-bond donors (Lipinski definition) is 0. The summed E-state index contributed by atoms with van der Waals surface area (Å²) < 4.78 is 5.11. The number of nitriles is 1. The second kappa shape index (κ2) is 7.78. The number of thioether (sulfide) groups is 1. The van der Waals surface area contributed by atoms with Crippen molar-refractivity contribution in [3.05, 3.63) is 35.4 Å². The van der Waals surface area contributed by atoms with Crippen LogP contribution in [0.5, 0.6) is 0 Å². The fourth-order valence-corrected chi connectivity index (χ4v) is 2.14. The van der Waals surface area contributed by atoms with Crippen LogP contribution < -0.4 is 0 Å². The molecule has 1 aromatic rings. The third kappa shape index (κ3) is 5.24. The number of rotatable bonds is 6. The highest BCUT2D eigenvalue weighted by Crippen LogP contribution is 2.14. The van der Waals surface area contributed by atoms with E-state index >= 15 is 0 Å². The number of ether oxygens (including phenoxy) is 1. The lowest BCUT2D eigenvalue weighted by atomic mass is 10.1. The van der Waals surface area contributed by atoms with Crippen LogP contribution in [0, 0.1) is 11.3 Å². The summed E-state index contributed by atoms with van der Waals surface area (Å²) in [6, 6.07) is 9.53. The Morgan fingerprint density at radius 1 is 1.39 bits per heavy atom. The zero-order valence-corrected chi connectivity index (χ0v) is 11.5. The number of esters is 1. The van der Waals surface area contributed by atoms with E-state index in [1.807, 2.05) is 26.0 Å². The molecule has 0 aliphatic rings. The minimum atomic E-state index is -0.284. The van der Waals surface area contributed by atoms with E-state index in [1.54, 1.807) is 23.9 Å². The minimum absolute atomic E-state index is 0.0984. The zero-order chi connectivity index (χ0) is 13.4. The van der Waals surface area contributed by atoms with Gasteiger partial charge >= 0.3 is 5.97 Å². The van der Waals surface area contributed by atoms with Crippen LogP contribution in [-0.2, 0) is 10.5 Å². The summed E-state index contributed by atoms with van der Waals surface area (Å²) in [5.74, 6) is 1.42. The predicted molar refractivity (Wildman–Crippen MR) is 73.4 cm³/mol. The lowest BCUT2D eigenvalue weighted by Gasteiger charge is -2.08. The first-order valence-corrected chi connectivity index (χ1v) is 7.03. The highest BCUT2D eigenvalue weighted by atomic mass is 32.2. The Labute approximate surface area is 112 Å². The Balaban J connectivity index is 2.47. The largest absolute Gasteiger partial charge is 0.459 e. The SMILES string of the molecule is CC(C)OC(=O)c1ccc(CSCCC#N)cc1. The molecule has 0 saturated carbocycles. The van der Waals surface area contributed by atoms with Crippen molar-refractivity contribution in [3.63, 3.8) is 0 Å². The van der Waals surface area contributed by atoms with Gasteiger partial charge in [-0.1, -0.05) is 12.1 Å². The topological polar surface area (TPSA) is 50.1 Å². The number of carbonyl (C=O) groups is 1. The molecule has 0 N–H and O–H groups in total. The van der Waals surface area contributed by atoms with Gasteiger partial charge in [0.1, 0.15) is 0 Å². The van der Waals surface area contributed by atoms with E-state index in [0.29, 0.717) is 12.0 Å². The summed E-state index contributed by atoms with van der Waals surface area (Å²) in [6.45, 7) is 3.66. The van der Waals surface area contributed by atoms with Crippen molar-refractivity contribution < 1.29 is 9.53 Å². The molecule has 96 valence electrons. The number of hydrogen-bond acceptors (Lipinski definition) is 4. The molecule has 0 aromatic heterocycles. The maximum atomic E-state index is 11.6. The van der Waals surface area contributed by atoms with Gasteiger partial charge in [-0.3, -0.25) is 0 Å². The molecule has 0 radical (unpaired) electrons. The second-order valence-corrected chi connectivity index (χ2v) is 5.22. The first kappa shape index (κ1) is 14.6. The standard InChI is InChI=1S/C14H17NO2S/c1-11(2)17-14(16)13-6-4-12(5-7-13)10-18-9-3-8-15/h4-7,11H,3,9-10H2,1-2H3. The molecule has 18 heavy (non-hydrogen) atoms. The van der Waals surface area contributed by atoms with Gasteiger partial charge in [0.05, 0.1) is 17.7 Å². The van der Waals surface area contributed by atoms with Crippen LogP contribution in [0.4, 0.5) is 0 Å². The van der Waals surface area contributed by atoms with Crippen LogP contribution in [-0.4, -0.2) is 17.8 Å². The van der Waals surface area contributed by atoms with Gasteiger partial charge in [0, 0.05) is 17.9 Å². The lowest BCUT2D eigenvalue weighted by molar-refractivity contribution is 0.0378. The van der Waals surface area contributed by atoms with Crippen LogP contribution in [0.15, 0.2) is 24.3 Å². The van der Waals surface area contributed by atoms with Crippen molar-refractivity contribution >= 4 is 17.7 Å². The molecule has 0 saturated heterocycles. The summed E-state index contributed by atoms with van der Waals surface area (Å²) in [5.41, 5.74) is 1.73. The molecule has 4 heteroatoms. The molecule has 3 nitrogen and oxygen atoms in total. The first-order valence-electron chi connectivity index (χ1n) is 5.88. The van der Waals surface area contributed by atoms with Crippen LogP contribution >= 0.6 is 11.8 Å². The highest BCUT2D eigenvalue weighted by Gasteiger charge is 2.08. The molecule has 0 heterocycles.